The summed E-state index contributed by atoms with van der Waals surface area (Å²) < 4.78 is 0. The van der Waals surface area contributed by atoms with Gasteiger partial charge in [0.15, 0.2) is 5.17 Å². The van der Waals surface area contributed by atoms with Crippen LogP contribution in [0.3, 0.4) is 0 Å². The first-order chi connectivity index (χ1) is 7.80. The molecular weight excluding hydrogens is 230 g/mol. The molecule has 0 heterocycles. The maximum atomic E-state index is 5.31. The topological polar surface area (TPSA) is 50.4 Å². The lowest BCUT2D eigenvalue weighted by Gasteiger charge is -2.19. The van der Waals surface area contributed by atoms with Gasteiger partial charge in [0.1, 0.15) is 0 Å². The number of nitrogens with zero attached hydrogens (tertiary/aromatic N) is 1. The van der Waals surface area contributed by atoms with Crippen molar-refractivity contribution in [3.63, 3.8) is 0 Å². The van der Waals surface area contributed by atoms with E-state index in [1.54, 1.807) is 0 Å². The fraction of sp³-hybridized carbons (Fsp3) is 0.308. The summed E-state index contributed by atoms with van der Waals surface area (Å²) in [6.07, 6.45) is 0. The third-order valence-electron chi connectivity index (χ3n) is 2.40. The highest BCUT2D eigenvalue weighted by Gasteiger charge is 2.12. The van der Waals surface area contributed by atoms with Crippen molar-refractivity contribution in [2.75, 3.05) is 0 Å². The Morgan fingerprint density at radius 1 is 1.29 bits per heavy atom. The Balaban J connectivity index is 2.81. The monoisotopic (exact) mass is 249 g/mol. The molecule has 92 valence electrons. The van der Waals surface area contributed by atoms with Gasteiger partial charge in [-0.3, -0.25) is 5.43 Å². The van der Waals surface area contributed by atoms with Crippen LogP contribution in [0.2, 0.25) is 0 Å². The van der Waals surface area contributed by atoms with Gasteiger partial charge in [0.05, 0.1) is 5.70 Å². The van der Waals surface area contributed by atoms with Gasteiger partial charge >= 0.3 is 0 Å². The van der Waals surface area contributed by atoms with Crippen LogP contribution in [0, 0.1) is 0 Å². The summed E-state index contributed by atoms with van der Waals surface area (Å²) in [5.41, 5.74) is 11.2. The van der Waals surface area contributed by atoms with Crippen LogP contribution in [0.5, 0.6) is 0 Å². The summed E-state index contributed by atoms with van der Waals surface area (Å²) in [6, 6.07) is 8.21. The Morgan fingerprint density at radius 2 is 1.82 bits per heavy atom. The Labute approximate surface area is 108 Å². The van der Waals surface area contributed by atoms with E-state index in [0.29, 0.717) is 5.70 Å². The number of thiol groups is 1. The van der Waals surface area contributed by atoms with Gasteiger partial charge in [-0.05, 0) is 16.5 Å². The van der Waals surface area contributed by atoms with Gasteiger partial charge in [-0.25, -0.2) is 0 Å². The average molecular weight is 249 g/mol. The van der Waals surface area contributed by atoms with Gasteiger partial charge in [0.25, 0.3) is 0 Å². The molecule has 0 atom stereocenters. The molecule has 0 saturated carbocycles. The summed E-state index contributed by atoms with van der Waals surface area (Å²) in [7, 11) is 0. The molecule has 0 unspecified atom stereocenters. The molecule has 0 aromatic heterocycles. The van der Waals surface area contributed by atoms with E-state index in [-0.39, 0.29) is 10.6 Å². The van der Waals surface area contributed by atoms with E-state index in [4.69, 9.17) is 5.73 Å². The van der Waals surface area contributed by atoms with Crippen molar-refractivity contribution >= 4 is 23.5 Å². The summed E-state index contributed by atoms with van der Waals surface area (Å²) >= 11 is 3.86. The van der Waals surface area contributed by atoms with Crippen LogP contribution in [0.15, 0.2) is 35.9 Å². The van der Waals surface area contributed by atoms with Crippen molar-refractivity contribution in [3.05, 3.63) is 42.0 Å². The minimum atomic E-state index is 0.154. The third kappa shape index (κ3) is 4.15. The summed E-state index contributed by atoms with van der Waals surface area (Å²) in [4.78, 5) is 0. The number of nitrogens with two attached hydrogens (primary N) is 1. The molecule has 1 rings (SSSR count). The second kappa shape index (κ2) is 5.27. The molecule has 1 aromatic rings. The number of hydrogen-bond donors (Lipinski definition) is 3. The number of hydrogen-bond acceptors (Lipinski definition) is 2. The predicted molar refractivity (Wildman–Crippen MR) is 77.9 cm³/mol. The van der Waals surface area contributed by atoms with Crippen molar-refractivity contribution < 1.29 is 0 Å². The molecule has 0 fully saturated rings. The summed E-state index contributed by atoms with van der Waals surface area (Å²) in [6.45, 7) is 10.4. The first kappa shape index (κ1) is 13.6. The molecule has 0 aliphatic heterocycles. The first-order valence-electron chi connectivity index (χ1n) is 5.38. The minimum absolute atomic E-state index is 0.154. The summed E-state index contributed by atoms with van der Waals surface area (Å²) in [5, 5.41) is 3.96. The predicted octanol–water partition coefficient (Wildman–Crippen LogP) is 2.70. The molecule has 0 bridgehead atoms. The van der Waals surface area contributed by atoms with E-state index in [9.17, 15) is 0 Å². The van der Waals surface area contributed by atoms with Gasteiger partial charge in [-0.1, -0.05) is 51.6 Å². The molecule has 0 aliphatic rings. The molecule has 1 aromatic carbocycles. The van der Waals surface area contributed by atoms with Crippen LogP contribution in [0.25, 0.3) is 5.70 Å². The minimum Gasteiger partial charge on any atom is -0.377 e. The SMILES string of the molecule is C=C(N/N=C(\N)S)c1ccc(C(C)(C)C)cc1. The van der Waals surface area contributed by atoms with Crippen LogP contribution in [0.4, 0.5) is 0 Å². The molecule has 4 heteroatoms. The van der Waals surface area contributed by atoms with Gasteiger partial charge in [0, 0.05) is 0 Å². The highest BCUT2D eigenvalue weighted by molar-refractivity contribution is 7.96. The van der Waals surface area contributed by atoms with Crippen molar-refractivity contribution in [1.82, 2.24) is 5.43 Å². The van der Waals surface area contributed by atoms with E-state index < -0.39 is 0 Å². The standard InChI is InChI=1S/C13H19N3S/c1-9(15-16-12(14)17)10-5-7-11(8-6-10)13(2,3)4/h5-8,15H,1H2,2-4H3,(H3,14,16,17). The molecule has 0 amide bonds. The quantitative estimate of drug-likeness (QED) is 0.334. The lowest BCUT2D eigenvalue weighted by Crippen LogP contribution is -2.12. The lowest BCUT2D eigenvalue weighted by atomic mass is 9.86. The zero-order valence-corrected chi connectivity index (χ0v) is 11.4. The smallest absolute Gasteiger partial charge is 0.175 e. The molecule has 0 radical (unpaired) electrons. The van der Waals surface area contributed by atoms with E-state index in [0.717, 1.165) is 5.56 Å². The normalized spacial score (nSPS) is 12.4. The Bertz CT molecular complexity index is 423. The largest absolute Gasteiger partial charge is 0.377 e. The maximum absolute atomic E-state index is 5.31. The van der Waals surface area contributed by atoms with Crippen LogP contribution in [-0.2, 0) is 5.41 Å². The number of amidine groups is 1. The number of benzene rings is 1. The zero-order chi connectivity index (χ0) is 13.1. The van der Waals surface area contributed by atoms with Crippen LogP contribution in [-0.4, -0.2) is 5.17 Å². The summed E-state index contributed by atoms with van der Waals surface area (Å²) in [5.74, 6) is 0. The third-order valence-corrected chi connectivity index (χ3v) is 2.50. The van der Waals surface area contributed by atoms with Crippen LogP contribution in [0.1, 0.15) is 31.9 Å². The molecule has 0 spiro atoms. The molecular formula is C13H19N3S. The molecule has 17 heavy (non-hydrogen) atoms. The van der Waals surface area contributed by atoms with Crippen LogP contribution < -0.4 is 11.2 Å². The van der Waals surface area contributed by atoms with E-state index in [2.05, 4.69) is 62.6 Å². The molecule has 3 N–H and O–H groups in total. The second-order valence-electron chi connectivity index (χ2n) is 4.89. The number of hydrazone groups is 1. The van der Waals surface area contributed by atoms with Gasteiger partial charge in [-0.2, -0.15) is 5.10 Å². The highest BCUT2D eigenvalue weighted by atomic mass is 32.1. The Morgan fingerprint density at radius 3 is 2.24 bits per heavy atom. The number of rotatable bonds is 3. The van der Waals surface area contributed by atoms with Gasteiger partial charge < -0.3 is 5.73 Å². The Kier molecular flexibility index (Phi) is 4.23. The van der Waals surface area contributed by atoms with E-state index >= 15 is 0 Å². The Hall–Kier alpha value is -1.42. The zero-order valence-electron chi connectivity index (χ0n) is 10.5. The lowest BCUT2D eigenvalue weighted by molar-refractivity contribution is 0.590. The highest BCUT2D eigenvalue weighted by Crippen LogP contribution is 2.23. The van der Waals surface area contributed by atoms with Crippen molar-refractivity contribution in [2.45, 2.75) is 26.2 Å². The molecule has 3 nitrogen and oxygen atoms in total. The fourth-order valence-corrected chi connectivity index (χ4v) is 1.41. The van der Waals surface area contributed by atoms with Crippen molar-refractivity contribution in [3.8, 4) is 0 Å². The molecule has 0 aliphatic carbocycles. The van der Waals surface area contributed by atoms with Crippen molar-refractivity contribution in [1.29, 1.82) is 0 Å². The van der Waals surface area contributed by atoms with Gasteiger partial charge in [-0.15, -0.1) is 12.6 Å². The van der Waals surface area contributed by atoms with Crippen LogP contribution >= 0.6 is 12.6 Å². The van der Waals surface area contributed by atoms with E-state index in [1.807, 2.05) is 12.1 Å². The number of nitrogens with one attached hydrogen (secondary N) is 1. The van der Waals surface area contributed by atoms with Crippen molar-refractivity contribution in [2.24, 2.45) is 10.8 Å². The molecule has 0 saturated heterocycles. The second-order valence-corrected chi connectivity index (χ2v) is 5.35. The van der Waals surface area contributed by atoms with Gasteiger partial charge in [0.2, 0.25) is 0 Å². The fourth-order valence-electron chi connectivity index (χ4n) is 1.36. The first-order valence-corrected chi connectivity index (χ1v) is 5.83. The maximum Gasteiger partial charge on any atom is 0.175 e. The van der Waals surface area contributed by atoms with E-state index in [1.165, 1.54) is 5.56 Å². The average Bonchev–Trinajstić information content (AvgIpc) is 2.25.